The number of sulfonamides is 1. The van der Waals surface area contributed by atoms with E-state index in [9.17, 15) is 8.42 Å². The summed E-state index contributed by atoms with van der Waals surface area (Å²) in [6.07, 6.45) is 1.83. The molecule has 2 rings (SSSR count). The Kier molecular flexibility index (Phi) is 4.76. The molecule has 0 aliphatic carbocycles. The minimum Gasteiger partial charge on any atom is -0.330 e. The molecule has 0 radical (unpaired) electrons. The monoisotopic (exact) mass is 293 g/mol. The van der Waals surface area contributed by atoms with Gasteiger partial charge >= 0.3 is 0 Å². The van der Waals surface area contributed by atoms with Crippen LogP contribution in [0.1, 0.15) is 24.0 Å². The second-order valence-electron chi connectivity index (χ2n) is 5.13. The fraction of sp³-hybridized carbons (Fsp3) is 0.500. The van der Waals surface area contributed by atoms with E-state index >= 15 is 0 Å². The zero-order valence-electron chi connectivity index (χ0n) is 11.3. The number of rotatable bonds is 4. The van der Waals surface area contributed by atoms with Gasteiger partial charge in [-0.25, -0.2) is 12.7 Å². The highest BCUT2D eigenvalue weighted by atomic mass is 32.2. The first kappa shape index (κ1) is 15.0. The van der Waals surface area contributed by atoms with Crippen LogP contribution < -0.4 is 5.73 Å². The van der Waals surface area contributed by atoms with Crippen molar-refractivity contribution in [3.8, 4) is 6.07 Å². The third-order valence-corrected chi connectivity index (χ3v) is 5.48. The number of nitrogens with zero attached hydrogens (tertiary/aromatic N) is 2. The molecule has 1 aromatic carbocycles. The molecule has 0 spiro atoms. The molecule has 0 saturated carbocycles. The minimum atomic E-state index is -3.39. The van der Waals surface area contributed by atoms with Crippen molar-refractivity contribution in [2.75, 3.05) is 19.6 Å². The number of nitrogens with two attached hydrogens (primary N) is 1. The lowest BCUT2D eigenvalue weighted by atomic mass is 10.0. The lowest BCUT2D eigenvalue weighted by Crippen LogP contribution is -2.42. The predicted octanol–water partition coefficient (Wildman–Crippen LogP) is 1.06. The molecule has 1 atom stereocenters. The Bertz CT molecular complexity index is 607. The third kappa shape index (κ3) is 3.37. The van der Waals surface area contributed by atoms with Gasteiger partial charge in [0.05, 0.1) is 17.4 Å². The Morgan fingerprint density at radius 2 is 2.15 bits per heavy atom. The Morgan fingerprint density at radius 1 is 1.40 bits per heavy atom. The molecular formula is C14H19N3O2S. The topological polar surface area (TPSA) is 87.2 Å². The average molecular weight is 293 g/mol. The van der Waals surface area contributed by atoms with Crippen LogP contribution in [0.5, 0.6) is 0 Å². The zero-order chi connectivity index (χ0) is 14.6. The van der Waals surface area contributed by atoms with Crippen molar-refractivity contribution >= 4 is 10.0 Å². The van der Waals surface area contributed by atoms with Crippen LogP contribution >= 0.6 is 0 Å². The normalized spacial score (nSPS) is 20.5. The lowest BCUT2D eigenvalue weighted by molar-refractivity contribution is 0.271. The van der Waals surface area contributed by atoms with E-state index in [-0.39, 0.29) is 11.7 Å². The number of nitriles is 1. The molecule has 1 aliphatic heterocycles. The van der Waals surface area contributed by atoms with E-state index in [4.69, 9.17) is 11.0 Å². The van der Waals surface area contributed by atoms with E-state index in [0.29, 0.717) is 30.8 Å². The molecule has 1 unspecified atom stereocenters. The first-order chi connectivity index (χ1) is 9.56. The molecule has 0 aromatic heterocycles. The Hall–Kier alpha value is -1.42. The largest absolute Gasteiger partial charge is 0.330 e. The zero-order valence-corrected chi connectivity index (χ0v) is 12.1. The minimum absolute atomic E-state index is 0.117. The fourth-order valence-corrected chi connectivity index (χ4v) is 4.19. The highest BCUT2D eigenvalue weighted by Crippen LogP contribution is 2.21. The van der Waals surface area contributed by atoms with E-state index in [1.54, 1.807) is 24.3 Å². The molecule has 1 heterocycles. The SMILES string of the molecule is N#Cc1ccccc1CS(=O)(=O)N1CCCC(CN)C1. The van der Waals surface area contributed by atoms with Crippen molar-refractivity contribution in [2.24, 2.45) is 11.7 Å². The molecule has 1 fully saturated rings. The Morgan fingerprint density at radius 3 is 2.85 bits per heavy atom. The van der Waals surface area contributed by atoms with Crippen LogP contribution in [0.3, 0.4) is 0 Å². The van der Waals surface area contributed by atoms with Gasteiger partial charge < -0.3 is 5.73 Å². The first-order valence-electron chi connectivity index (χ1n) is 6.72. The van der Waals surface area contributed by atoms with Gasteiger partial charge in [0, 0.05) is 13.1 Å². The number of piperidine rings is 1. The standard InChI is InChI=1S/C14H19N3O2S/c15-8-12-4-3-7-17(10-12)20(18,19)11-14-6-2-1-5-13(14)9-16/h1-2,5-6,12H,3-4,7-8,10-11,15H2. The summed E-state index contributed by atoms with van der Waals surface area (Å²) >= 11 is 0. The van der Waals surface area contributed by atoms with Crippen molar-refractivity contribution in [2.45, 2.75) is 18.6 Å². The molecule has 5 nitrogen and oxygen atoms in total. The second-order valence-corrected chi connectivity index (χ2v) is 7.10. The van der Waals surface area contributed by atoms with Crippen LogP contribution in [-0.4, -0.2) is 32.4 Å². The van der Waals surface area contributed by atoms with Gasteiger partial charge in [0.2, 0.25) is 10.0 Å². The van der Waals surface area contributed by atoms with Gasteiger partial charge in [-0.15, -0.1) is 0 Å². The highest BCUT2D eigenvalue weighted by Gasteiger charge is 2.28. The molecule has 20 heavy (non-hydrogen) atoms. The van der Waals surface area contributed by atoms with E-state index in [2.05, 4.69) is 0 Å². The van der Waals surface area contributed by atoms with E-state index in [0.717, 1.165) is 12.8 Å². The highest BCUT2D eigenvalue weighted by molar-refractivity contribution is 7.88. The Labute approximate surface area is 120 Å². The van der Waals surface area contributed by atoms with E-state index in [1.165, 1.54) is 4.31 Å². The van der Waals surface area contributed by atoms with Crippen molar-refractivity contribution in [1.29, 1.82) is 5.26 Å². The van der Waals surface area contributed by atoms with Gasteiger partial charge in [-0.2, -0.15) is 5.26 Å². The van der Waals surface area contributed by atoms with Crippen LogP contribution in [0.15, 0.2) is 24.3 Å². The van der Waals surface area contributed by atoms with Crippen molar-refractivity contribution in [1.82, 2.24) is 4.31 Å². The average Bonchev–Trinajstić information content (AvgIpc) is 2.47. The molecule has 6 heteroatoms. The summed E-state index contributed by atoms with van der Waals surface area (Å²) in [5.41, 5.74) is 6.62. The van der Waals surface area contributed by atoms with Crippen molar-refractivity contribution in [3.63, 3.8) is 0 Å². The van der Waals surface area contributed by atoms with Gasteiger partial charge in [-0.1, -0.05) is 18.2 Å². The molecule has 1 saturated heterocycles. The summed E-state index contributed by atoms with van der Waals surface area (Å²) in [6.45, 7) is 1.56. The van der Waals surface area contributed by atoms with Gasteiger partial charge in [-0.3, -0.25) is 0 Å². The van der Waals surface area contributed by atoms with Crippen LogP contribution in [0.4, 0.5) is 0 Å². The molecule has 0 amide bonds. The van der Waals surface area contributed by atoms with Crippen LogP contribution in [0.25, 0.3) is 0 Å². The summed E-state index contributed by atoms with van der Waals surface area (Å²) < 4.78 is 26.4. The Balaban J connectivity index is 2.17. The van der Waals surface area contributed by atoms with E-state index in [1.807, 2.05) is 6.07 Å². The first-order valence-corrected chi connectivity index (χ1v) is 8.33. The van der Waals surface area contributed by atoms with Crippen LogP contribution in [-0.2, 0) is 15.8 Å². The van der Waals surface area contributed by atoms with Crippen LogP contribution in [0.2, 0.25) is 0 Å². The van der Waals surface area contributed by atoms with Gasteiger partial charge in [-0.05, 0) is 36.9 Å². The number of hydrogen-bond donors (Lipinski definition) is 1. The van der Waals surface area contributed by atoms with E-state index < -0.39 is 10.0 Å². The van der Waals surface area contributed by atoms with Gasteiger partial charge in [0.25, 0.3) is 0 Å². The molecular weight excluding hydrogens is 274 g/mol. The fourth-order valence-electron chi connectivity index (χ4n) is 2.51. The third-order valence-electron chi connectivity index (χ3n) is 3.68. The smallest absolute Gasteiger partial charge is 0.218 e. The summed E-state index contributed by atoms with van der Waals surface area (Å²) in [4.78, 5) is 0. The molecule has 2 N–H and O–H groups in total. The summed E-state index contributed by atoms with van der Waals surface area (Å²) in [6, 6.07) is 8.87. The molecule has 108 valence electrons. The number of benzene rings is 1. The lowest BCUT2D eigenvalue weighted by Gasteiger charge is -2.31. The maximum atomic E-state index is 12.5. The van der Waals surface area contributed by atoms with Crippen molar-refractivity contribution in [3.05, 3.63) is 35.4 Å². The van der Waals surface area contributed by atoms with Crippen molar-refractivity contribution < 1.29 is 8.42 Å². The van der Waals surface area contributed by atoms with Crippen LogP contribution in [0, 0.1) is 17.2 Å². The maximum Gasteiger partial charge on any atom is 0.218 e. The second kappa shape index (κ2) is 6.35. The van der Waals surface area contributed by atoms with Gasteiger partial charge in [0.15, 0.2) is 0 Å². The summed E-state index contributed by atoms with van der Waals surface area (Å²) in [5.74, 6) is 0.123. The molecule has 1 aliphatic rings. The summed E-state index contributed by atoms with van der Waals surface area (Å²) in [7, 11) is -3.39. The number of hydrogen-bond acceptors (Lipinski definition) is 4. The quantitative estimate of drug-likeness (QED) is 0.899. The predicted molar refractivity (Wildman–Crippen MR) is 77.1 cm³/mol. The summed E-state index contributed by atoms with van der Waals surface area (Å²) in [5, 5.41) is 9.03. The van der Waals surface area contributed by atoms with Gasteiger partial charge in [0.1, 0.15) is 0 Å². The maximum absolute atomic E-state index is 12.5. The molecule has 1 aromatic rings. The molecule has 0 bridgehead atoms.